The van der Waals surface area contributed by atoms with Gasteiger partial charge in [0, 0.05) is 0 Å². The molecule has 0 fully saturated rings. The van der Waals surface area contributed by atoms with Gasteiger partial charge in [0.15, 0.2) is 0 Å². The lowest BCUT2D eigenvalue weighted by Gasteiger charge is -2.16. The Hall–Kier alpha value is -0.835. The summed E-state index contributed by atoms with van der Waals surface area (Å²) in [7, 11) is 5.49. The number of hydrazine groups is 1. The highest BCUT2D eigenvalue weighted by Crippen LogP contribution is 1.99. The molecule has 74 valence electrons. The van der Waals surface area contributed by atoms with E-state index in [2.05, 4.69) is 5.43 Å². The summed E-state index contributed by atoms with van der Waals surface area (Å²) >= 11 is 0. The van der Waals surface area contributed by atoms with E-state index in [-0.39, 0.29) is 0 Å². The van der Waals surface area contributed by atoms with Crippen LogP contribution in [-0.4, -0.2) is 26.2 Å². The molecule has 0 unspecified atom stereocenters. The van der Waals surface area contributed by atoms with E-state index in [0.29, 0.717) is 13.3 Å². The first-order valence-corrected chi connectivity index (χ1v) is 4.70. The van der Waals surface area contributed by atoms with Gasteiger partial charge >= 0.3 is 0 Å². The second-order valence-corrected chi connectivity index (χ2v) is 2.92. The molecule has 0 heterocycles. The Morgan fingerprint density at radius 2 is 2.07 bits per heavy atom. The maximum absolute atomic E-state index is 5.49. The van der Waals surface area contributed by atoms with E-state index in [1.54, 1.807) is 0 Å². The molecule has 1 N–H and O–H groups in total. The zero-order chi connectivity index (χ0) is 10.2. The zero-order valence-electron chi connectivity index (χ0n) is 8.44. The Bertz CT molecular complexity index is 243. The fourth-order valence-corrected chi connectivity index (χ4v) is 0.983. The Morgan fingerprint density at radius 1 is 1.36 bits per heavy atom. The van der Waals surface area contributed by atoms with Crippen molar-refractivity contribution >= 4 is 7.98 Å². The lowest BCUT2D eigenvalue weighted by Crippen LogP contribution is -2.36. The van der Waals surface area contributed by atoms with Crippen LogP contribution in [-0.2, 0) is 11.3 Å². The van der Waals surface area contributed by atoms with Crippen molar-refractivity contribution in [2.75, 3.05) is 13.3 Å². The van der Waals surface area contributed by atoms with Gasteiger partial charge in [-0.1, -0.05) is 37.3 Å². The molecule has 14 heavy (non-hydrogen) atoms. The van der Waals surface area contributed by atoms with Crippen LogP contribution in [0.25, 0.3) is 0 Å². The van der Waals surface area contributed by atoms with E-state index in [9.17, 15) is 0 Å². The summed E-state index contributed by atoms with van der Waals surface area (Å²) in [5.41, 5.74) is 4.05. The molecule has 0 atom stereocenters. The Labute approximate surface area is 86.5 Å². The van der Waals surface area contributed by atoms with E-state index in [1.165, 1.54) is 4.92 Å². The number of ether oxygens (including phenoxy) is 1. The average molecular weight is 190 g/mol. The number of nitrogens with zero attached hydrogens (tertiary/aromatic N) is 1. The third kappa shape index (κ3) is 4.41. The van der Waals surface area contributed by atoms with Crippen LogP contribution in [0.15, 0.2) is 30.3 Å². The van der Waals surface area contributed by atoms with Gasteiger partial charge in [-0.15, -0.1) is 0 Å². The maximum Gasteiger partial charge on any atom is 0.206 e. The number of hydrogen-bond acceptors (Lipinski definition) is 3. The fourth-order valence-electron chi connectivity index (χ4n) is 0.983. The second-order valence-electron chi connectivity index (χ2n) is 2.92. The monoisotopic (exact) mass is 190 g/mol. The summed E-state index contributed by atoms with van der Waals surface area (Å²) in [6.45, 7) is 3.74. The Morgan fingerprint density at radius 3 is 2.71 bits per heavy atom. The average Bonchev–Trinajstić information content (AvgIpc) is 2.25. The molecular formula is C10H15BN2O. The molecule has 3 nitrogen and oxygen atoms in total. The highest BCUT2D eigenvalue weighted by atomic mass is 16.5. The topological polar surface area (TPSA) is 24.5 Å². The SMILES string of the molecule is [B]N(CC)NCOCc1ccccc1. The molecule has 0 aliphatic carbocycles. The number of hydrogen-bond donors (Lipinski definition) is 1. The van der Waals surface area contributed by atoms with Gasteiger partial charge in [-0.25, -0.2) is 5.43 Å². The van der Waals surface area contributed by atoms with Crippen LogP contribution in [0.4, 0.5) is 0 Å². The molecule has 0 amide bonds. The molecule has 1 aromatic carbocycles. The van der Waals surface area contributed by atoms with E-state index >= 15 is 0 Å². The van der Waals surface area contributed by atoms with Crippen LogP contribution >= 0.6 is 0 Å². The van der Waals surface area contributed by atoms with Crippen molar-refractivity contribution in [1.82, 2.24) is 10.3 Å². The molecule has 0 bridgehead atoms. The minimum Gasteiger partial charge on any atom is -0.360 e. The first-order valence-electron chi connectivity index (χ1n) is 4.70. The van der Waals surface area contributed by atoms with Crippen LogP contribution in [0, 0.1) is 0 Å². The molecule has 0 saturated heterocycles. The lowest BCUT2D eigenvalue weighted by atomic mass is 10.2. The van der Waals surface area contributed by atoms with E-state index < -0.39 is 0 Å². The van der Waals surface area contributed by atoms with Gasteiger partial charge in [-0.05, 0) is 12.1 Å². The molecule has 0 aromatic heterocycles. The molecule has 0 spiro atoms. The van der Waals surface area contributed by atoms with Crippen molar-refractivity contribution in [3.8, 4) is 0 Å². The van der Waals surface area contributed by atoms with Crippen molar-refractivity contribution in [1.29, 1.82) is 0 Å². The van der Waals surface area contributed by atoms with Crippen molar-refractivity contribution in [2.45, 2.75) is 13.5 Å². The molecule has 1 aromatic rings. The molecule has 1 rings (SSSR count). The van der Waals surface area contributed by atoms with Crippen LogP contribution in [0.3, 0.4) is 0 Å². The van der Waals surface area contributed by atoms with E-state index in [4.69, 9.17) is 12.7 Å². The summed E-state index contributed by atoms with van der Waals surface area (Å²) in [6, 6.07) is 10.0. The zero-order valence-corrected chi connectivity index (χ0v) is 8.44. The van der Waals surface area contributed by atoms with Gasteiger partial charge in [0.05, 0.1) is 6.61 Å². The summed E-state index contributed by atoms with van der Waals surface area (Å²) in [5, 5.41) is 0. The minimum absolute atomic E-state index is 0.430. The van der Waals surface area contributed by atoms with Gasteiger partial charge in [-0.3, -0.25) is 4.92 Å². The van der Waals surface area contributed by atoms with Gasteiger partial charge in [0.2, 0.25) is 7.98 Å². The Kier molecular flexibility index (Phi) is 5.29. The summed E-state index contributed by atoms with van der Waals surface area (Å²) in [5.74, 6) is 0. The minimum atomic E-state index is 0.430. The van der Waals surface area contributed by atoms with Gasteiger partial charge in [0.1, 0.15) is 6.73 Å². The first-order chi connectivity index (χ1) is 6.83. The normalized spacial score (nSPS) is 10.7. The molecule has 0 saturated carbocycles. The quantitative estimate of drug-likeness (QED) is 0.314. The van der Waals surface area contributed by atoms with Gasteiger partial charge in [0.25, 0.3) is 0 Å². The highest BCUT2D eigenvalue weighted by molar-refractivity contribution is 6.03. The Balaban J connectivity index is 2.10. The van der Waals surface area contributed by atoms with Crippen LogP contribution < -0.4 is 5.43 Å². The van der Waals surface area contributed by atoms with Crippen LogP contribution in [0.5, 0.6) is 0 Å². The molecule has 0 aliphatic rings. The predicted octanol–water partition coefficient (Wildman–Crippen LogP) is 1.07. The van der Waals surface area contributed by atoms with E-state index in [0.717, 1.165) is 12.1 Å². The summed E-state index contributed by atoms with van der Waals surface area (Å²) in [6.07, 6.45) is 0. The van der Waals surface area contributed by atoms with Crippen molar-refractivity contribution < 1.29 is 4.74 Å². The first kappa shape index (κ1) is 11.2. The number of benzene rings is 1. The largest absolute Gasteiger partial charge is 0.360 e. The van der Waals surface area contributed by atoms with Crippen LogP contribution in [0.2, 0.25) is 0 Å². The summed E-state index contributed by atoms with van der Waals surface area (Å²) < 4.78 is 5.36. The predicted molar refractivity (Wildman–Crippen MR) is 57.4 cm³/mol. The summed E-state index contributed by atoms with van der Waals surface area (Å²) in [4.78, 5) is 1.49. The van der Waals surface area contributed by atoms with Crippen LogP contribution in [0.1, 0.15) is 12.5 Å². The second kappa shape index (κ2) is 6.59. The van der Waals surface area contributed by atoms with Gasteiger partial charge in [-0.2, -0.15) is 0 Å². The van der Waals surface area contributed by atoms with Crippen molar-refractivity contribution in [3.05, 3.63) is 35.9 Å². The highest BCUT2D eigenvalue weighted by Gasteiger charge is 1.93. The lowest BCUT2D eigenvalue weighted by molar-refractivity contribution is 0.0716. The van der Waals surface area contributed by atoms with Crippen molar-refractivity contribution in [3.63, 3.8) is 0 Å². The van der Waals surface area contributed by atoms with Crippen molar-refractivity contribution in [2.24, 2.45) is 0 Å². The smallest absolute Gasteiger partial charge is 0.206 e. The molecule has 4 heteroatoms. The molecule has 0 aliphatic heterocycles. The van der Waals surface area contributed by atoms with E-state index in [1.807, 2.05) is 37.3 Å². The third-order valence-corrected chi connectivity index (χ3v) is 1.82. The standard InChI is InChI=1S/C10H15BN2O/c1-2-13(11)12-9-14-8-10-6-4-3-5-7-10/h3-7,12H,2,8-9H2,1H3. The number of rotatable bonds is 6. The van der Waals surface area contributed by atoms with Gasteiger partial charge < -0.3 is 4.74 Å². The maximum atomic E-state index is 5.49. The fraction of sp³-hybridized carbons (Fsp3) is 0.400. The molecular weight excluding hydrogens is 175 g/mol. The molecule has 2 radical (unpaired) electrons. The third-order valence-electron chi connectivity index (χ3n) is 1.82. The number of nitrogens with one attached hydrogen (secondary N) is 1.